The highest BCUT2D eigenvalue weighted by atomic mass is 16.4. The summed E-state index contributed by atoms with van der Waals surface area (Å²) < 4.78 is 0. The Balaban J connectivity index is 1.29. The van der Waals surface area contributed by atoms with E-state index in [0.29, 0.717) is 37.6 Å². The average molecular weight is 731 g/mol. The number of aromatic nitrogens is 4. The highest BCUT2D eigenvalue weighted by Gasteiger charge is 2.19. The molecular weight excluding hydrogens is 688 g/mol. The van der Waals surface area contributed by atoms with Crippen molar-refractivity contribution in [2.24, 2.45) is 0 Å². The SMILES string of the molecule is CCCN(Cc1ncc(-c2cccc3c(-c4cccc5c(-c6cnc(CN(CCC)C(=O)CNC(=O)O)[nH]6)cccc45)cccc23)[nH]1)C(=O)CNC(=O)O. The van der Waals surface area contributed by atoms with Gasteiger partial charge in [-0.05, 0) is 45.5 Å². The van der Waals surface area contributed by atoms with Crippen LogP contribution in [0.3, 0.4) is 0 Å². The van der Waals surface area contributed by atoms with Gasteiger partial charge in [-0.25, -0.2) is 19.6 Å². The maximum Gasteiger partial charge on any atom is 0.405 e. The van der Waals surface area contributed by atoms with Gasteiger partial charge in [0.15, 0.2) is 0 Å². The fourth-order valence-corrected chi connectivity index (χ4v) is 6.73. The zero-order valence-electron chi connectivity index (χ0n) is 30.1. The van der Waals surface area contributed by atoms with E-state index in [1.54, 1.807) is 22.2 Å². The zero-order valence-corrected chi connectivity index (χ0v) is 30.1. The highest BCUT2D eigenvalue weighted by molar-refractivity contribution is 6.11. The van der Waals surface area contributed by atoms with Crippen molar-refractivity contribution in [1.82, 2.24) is 40.4 Å². The maximum atomic E-state index is 12.7. The number of aromatic amines is 2. The monoisotopic (exact) mass is 730 g/mol. The Hall–Kier alpha value is -6.70. The van der Waals surface area contributed by atoms with Crippen LogP contribution < -0.4 is 10.6 Å². The maximum absolute atomic E-state index is 12.7. The van der Waals surface area contributed by atoms with Crippen LogP contribution in [-0.4, -0.2) is 90.1 Å². The van der Waals surface area contributed by atoms with Gasteiger partial charge in [-0.1, -0.05) is 86.6 Å². The Morgan fingerprint density at radius 1 is 0.574 bits per heavy atom. The minimum atomic E-state index is -1.25. The topological polar surface area (TPSA) is 197 Å². The van der Waals surface area contributed by atoms with Crippen LogP contribution in [0.2, 0.25) is 0 Å². The summed E-state index contributed by atoms with van der Waals surface area (Å²) in [6, 6.07) is 24.7. The number of carbonyl (C=O) groups is 4. The largest absolute Gasteiger partial charge is 0.465 e. The number of amides is 4. The van der Waals surface area contributed by atoms with Gasteiger partial charge in [0.05, 0.1) is 36.9 Å². The van der Waals surface area contributed by atoms with Crippen molar-refractivity contribution >= 4 is 45.5 Å². The summed E-state index contributed by atoms with van der Waals surface area (Å²) in [6.45, 7) is 4.68. The van der Waals surface area contributed by atoms with Crippen LogP contribution in [0.5, 0.6) is 0 Å². The van der Waals surface area contributed by atoms with Crippen LogP contribution in [-0.2, 0) is 22.7 Å². The molecule has 2 heterocycles. The molecule has 0 aliphatic rings. The number of H-pyrrole nitrogens is 2. The summed E-state index contributed by atoms with van der Waals surface area (Å²) in [5.41, 5.74) is 5.61. The molecule has 6 N–H and O–H groups in total. The predicted octanol–water partition coefficient (Wildman–Crippen LogP) is 6.45. The molecule has 2 aromatic heterocycles. The molecular formula is C40H42N8O6. The van der Waals surface area contributed by atoms with Crippen molar-refractivity contribution in [2.75, 3.05) is 26.2 Å². The highest BCUT2D eigenvalue weighted by Crippen LogP contribution is 2.39. The van der Waals surface area contributed by atoms with E-state index in [0.717, 1.165) is 55.2 Å². The van der Waals surface area contributed by atoms with E-state index in [4.69, 9.17) is 10.2 Å². The molecule has 4 amide bonds. The molecule has 0 spiro atoms. The van der Waals surface area contributed by atoms with E-state index >= 15 is 0 Å². The fraction of sp³-hybridized carbons (Fsp3) is 0.250. The number of hydrogen-bond donors (Lipinski definition) is 6. The quantitative estimate of drug-likeness (QED) is 0.0693. The Morgan fingerprint density at radius 3 is 1.28 bits per heavy atom. The summed E-state index contributed by atoms with van der Waals surface area (Å²) in [5, 5.41) is 26.3. The number of fused-ring (bicyclic) bond motifs is 2. The van der Waals surface area contributed by atoms with Crippen LogP contribution in [0.25, 0.3) is 55.2 Å². The first-order valence-electron chi connectivity index (χ1n) is 17.8. The van der Waals surface area contributed by atoms with Crippen molar-refractivity contribution < 1.29 is 29.4 Å². The Kier molecular flexibility index (Phi) is 11.5. The van der Waals surface area contributed by atoms with Crippen molar-refractivity contribution in [3.63, 3.8) is 0 Å². The third-order valence-electron chi connectivity index (χ3n) is 9.13. The molecule has 0 unspecified atom stereocenters. The Morgan fingerprint density at radius 2 is 0.926 bits per heavy atom. The van der Waals surface area contributed by atoms with Gasteiger partial charge in [-0.2, -0.15) is 0 Å². The summed E-state index contributed by atoms with van der Waals surface area (Å²) in [6.07, 6.45) is 2.45. The van der Waals surface area contributed by atoms with Crippen molar-refractivity contribution in [1.29, 1.82) is 0 Å². The van der Waals surface area contributed by atoms with E-state index in [1.165, 1.54) is 0 Å². The molecule has 0 atom stereocenters. The van der Waals surface area contributed by atoms with Crippen LogP contribution in [0, 0.1) is 0 Å². The minimum absolute atomic E-state index is 0.222. The van der Waals surface area contributed by atoms with Crippen LogP contribution >= 0.6 is 0 Å². The van der Waals surface area contributed by atoms with E-state index < -0.39 is 12.2 Å². The molecule has 6 aromatic rings. The van der Waals surface area contributed by atoms with Gasteiger partial charge in [-0.15, -0.1) is 0 Å². The van der Waals surface area contributed by atoms with E-state index in [-0.39, 0.29) is 38.0 Å². The van der Waals surface area contributed by atoms with E-state index in [1.807, 2.05) is 50.2 Å². The molecule has 278 valence electrons. The molecule has 0 fully saturated rings. The lowest BCUT2D eigenvalue weighted by Crippen LogP contribution is -2.40. The Labute approximate surface area is 311 Å². The minimum Gasteiger partial charge on any atom is -0.465 e. The lowest BCUT2D eigenvalue weighted by atomic mass is 9.90. The molecule has 0 aliphatic heterocycles. The summed E-state index contributed by atoms with van der Waals surface area (Å²) >= 11 is 0. The molecule has 0 saturated heterocycles. The zero-order chi connectivity index (χ0) is 38.2. The van der Waals surface area contributed by atoms with Gasteiger partial charge < -0.3 is 40.6 Å². The van der Waals surface area contributed by atoms with Crippen LogP contribution in [0.1, 0.15) is 38.3 Å². The standard InChI is InChI=1S/C40H42N8O6/c1-3-17-47(37(49)21-43-39(51)52)23-35-41-19-33(45-35)31-15-7-11-27-25(9-5-13-29(27)31)26-10-6-14-30-28(26)12-8-16-32(30)34-20-42-36(46-34)24-48(18-4-2)38(50)22-44-40(53)54/h5-16,19-20,43-44H,3-4,17-18,21-24H2,1-2H3,(H,41,45)(H,42,46)(H,51,52)(H,53,54). The van der Waals surface area contributed by atoms with Gasteiger partial charge >= 0.3 is 12.2 Å². The summed E-state index contributed by atoms with van der Waals surface area (Å²) in [5.74, 6) is 0.546. The van der Waals surface area contributed by atoms with E-state index in [9.17, 15) is 19.2 Å². The van der Waals surface area contributed by atoms with Crippen LogP contribution in [0.15, 0.2) is 85.2 Å². The first-order chi connectivity index (χ1) is 26.2. The lowest BCUT2D eigenvalue weighted by molar-refractivity contribution is -0.131. The second-order valence-corrected chi connectivity index (χ2v) is 12.8. The first-order valence-corrected chi connectivity index (χ1v) is 17.8. The number of hydrogen-bond acceptors (Lipinski definition) is 6. The molecule has 54 heavy (non-hydrogen) atoms. The third-order valence-corrected chi connectivity index (χ3v) is 9.13. The lowest BCUT2D eigenvalue weighted by Gasteiger charge is -2.21. The first kappa shape index (κ1) is 37.1. The van der Waals surface area contributed by atoms with Gasteiger partial charge in [0, 0.05) is 24.2 Å². The number of nitrogens with zero attached hydrogens (tertiary/aromatic N) is 4. The normalized spacial score (nSPS) is 11.1. The number of carbonyl (C=O) groups excluding carboxylic acids is 2. The number of imidazole rings is 2. The van der Waals surface area contributed by atoms with Gasteiger partial charge in [0.2, 0.25) is 11.8 Å². The molecule has 14 nitrogen and oxygen atoms in total. The second kappa shape index (κ2) is 16.8. The van der Waals surface area contributed by atoms with Crippen molar-refractivity contribution in [3.8, 4) is 33.6 Å². The Bertz CT molecular complexity index is 2150. The third kappa shape index (κ3) is 8.33. The van der Waals surface area contributed by atoms with Crippen molar-refractivity contribution in [3.05, 3.63) is 96.8 Å². The molecule has 0 aliphatic carbocycles. The average Bonchev–Trinajstić information content (AvgIpc) is 3.84. The molecule has 4 aromatic carbocycles. The van der Waals surface area contributed by atoms with Gasteiger partial charge in [0.1, 0.15) is 24.7 Å². The molecule has 0 bridgehead atoms. The fourth-order valence-electron chi connectivity index (χ4n) is 6.73. The summed E-state index contributed by atoms with van der Waals surface area (Å²) in [4.78, 5) is 66.3. The molecule has 14 heteroatoms. The van der Waals surface area contributed by atoms with Crippen molar-refractivity contribution in [2.45, 2.75) is 39.8 Å². The summed E-state index contributed by atoms with van der Waals surface area (Å²) in [7, 11) is 0. The van der Waals surface area contributed by atoms with Crippen LogP contribution in [0.4, 0.5) is 9.59 Å². The second-order valence-electron chi connectivity index (χ2n) is 12.8. The van der Waals surface area contributed by atoms with Gasteiger partial charge in [-0.3, -0.25) is 9.59 Å². The number of benzene rings is 4. The van der Waals surface area contributed by atoms with E-state index in [2.05, 4.69) is 67.0 Å². The van der Waals surface area contributed by atoms with Gasteiger partial charge in [0.25, 0.3) is 0 Å². The number of rotatable bonds is 15. The predicted molar refractivity (Wildman–Crippen MR) is 206 cm³/mol. The molecule has 6 rings (SSSR count). The smallest absolute Gasteiger partial charge is 0.405 e. The number of carboxylic acid groups (broad SMARTS) is 2. The molecule has 0 saturated carbocycles. The molecule has 0 radical (unpaired) electrons. The number of nitrogens with one attached hydrogen (secondary N) is 4.